The van der Waals surface area contributed by atoms with Crippen LogP contribution in [0, 0.1) is 17.2 Å². The van der Waals surface area contributed by atoms with E-state index in [1.54, 1.807) is 0 Å². The van der Waals surface area contributed by atoms with Crippen LogP contribution >= 0.6 is 15.9 Å². The second-order valence-corrected chi connectivity index (χ2v) is 6.03. The third-order valence-electron chi connectivity index (χ3n) is 3.19. The fraction of sp³-hybridized carbons (Fsp3) is 0.467. The lowest BCUT2D eigenvalue weighted by atomic mass is 9.84. The number of carbonyl (C=O) groups excluding carboxylic acids is 1. The zero-order chi connectivity index (χ0) is 14.5. The van der Waals surface area contributed by atoms with Gasteiger partial charge in [0.25, 0.3) is 0 Å². The predicted octanol–water partition coefficient (Wildman–Crippen LogP) is 3.39. The molecule has 1 unspecified atom stereocenters. The smallest absolute Gasteiger partial charge is 0.237 e. The Morgan fingerprint density at radius 1 is 1.47 bits per heavy atom. The van der Waals surface area contributed by atoms with Gasteiger partial charge in [0.2, 0.25) is 5.91 Å². The number of carbonyl (C=O) groups is 1. The first kappa shape index (κ1) is 15.7. The average molecular weight is 323 g/mol. The maximum absolute atomic E-state index is 11.8. The van der Waals surface area contributed by atoms with E-state index in [1.165, 1.54) is 0 Å². The quantitative estimate of drug-likeness (QED) is 0.903. The highest BCUT2D eigenvalue weighted by atomic mass is 79.9. The molecule has 1 atom stereocenters. The first-order valence-electron chi connectivity index (χ1n) is 6.34. The Morgan fingerprint density at radius 2 is 2.11 bits per heavy atom. The van der Waals surface area contributed by atoms with E-state index >= 15 is 0 Å². The Bertz CT molecular complexity index is 491. The van der Waals surface area contributed by atoms with E-state index in [0.29, 0.717) is 13.0 Å². The van der Waals surface area contributed by atoms with E-state index in [1.807, 2.05) is 37.3 Å². The largest absolute Gasteiger partial charge is 0.354 e. The van der Waals surface area contributed by atoms with Crippen LogP contribution in [0.1, 0.15) is 32.8 Å². The molecule has 102 valence electrons. The lowest BCUT2D eigenvalue weighted by molar-refractivity contribution is -0.123. The van der Waals surface area contributed by atoms with Gasteiger partial charge in [0.1, 0.15) is 5.92 Å². The zero-order valence-corrected chi connectivity index (χ0v) is 13.1. The van der Waals surface area contributed by atoms with Crippen LogP contribution in [0.4, 0.5) is 0 Å². The number of rotatable bonds is 5. The molecular weight excluding hydrogens is 304 g/mol. The van der Waals surface area contributed by atoms with Gasteiger partial charge in [-0.25, -0.2) is 0 Å². The predicted molar refractivity (Wildman–Crippen MR) is 79.6 cm³/mol. The molecule has 0 heterocycles. The molecule has 1 aromatic rings. The van der Waals surface area contributed by atoms with Gasteiger partial charge in [0.05, 0.1) is 6.07 Å². The molecule has 1 aromatic carbocycles. The molecule has 0 aromatic heterocycles. The minimum atomic E-state index is -0.560. The van der Waals surface area contributed by atoms with Crippen molar-refractivity contribution >= 4 is 21.8 Å². The van der Waals surface area contributed by atoms with E-state index in [0.717, 1.165) is 10.0 Å². The van der Waals surface area contributed by atoms with Crippen molar-refractivity contribution in [2.24, 2.45) is 5.92 Å². The molecule has 0 radical (unpaired) electrons. The van der Waals surface area contributed by atoms with Gasteiger partial charge in [0, 0.05) is 16.4 Å². The van der Waals surface area contributed by atoms with Crippen molar-refractivity contribution in [2.45, 2.75) is 32.6 Å². The van der Waals surface area contributed by atoms with Crippen molar-refractivity contribution in [3.05, 3.63) is 34.3 Å². The maximum atomic E-state index is 11.8. The van der Waals surface area contributed by atoms with Gasteiger partial charge in [-0.05, 0) is 18.1 Å². The number of hydrogen-bond acceptors (Lipinski definition) is 2. The van der Waals surface area contributed by atoms with Gasteiger partial charge in [-0.1, -0.05) is 54.9 Å². The molecule has 1 amide bonds. The van der Waals surface area contributed by atoms with Crippen LogP contribution in [-0.2, 0) is 10.2 Å². The molecule has 4 heteroatoms. The number of nitriles is 1. The van der Waals surface area contributed by atoms with E-state index < -0.39 is 5.92 Å². The maximum Gasteiger partial charge on any atom is 0.237 e. The molecule has 3 nitrogen and oxygen atoms in total. The van der Waals surface area contributed by atoms with Gasteiger partial charge < -0.3 is 5.32 Å². The summed E-state index contributed by atoms with van der Waals surface area (Å²) in [6, 6.07) is 9.99. The minimum Gasteiger partial charge on any atom is -0.354 e. The van der Waals surface area contributed by atoms with Crippen molar-refractivity contribution < 1.29 is 4.79 Å². The molecule has 0 saturated carbocycles. The number of nitrogens with one attached hydrogen (secondary N) is 1. The Kier molecular flexibility index (Phi) is 5.56. The summed E-state index contributed by atoms with van der Waals surface area (Å²) < 4.78 is 1.03. The summed E-state index contributed by atoms with van der Waals surface area (Å²) in [6.45, 7) is 6.49. The van der Waals surface area contributed by atoms with Crippen LogP contribution in [0.15, 0.2) is 28.7 Å². The number of nitrogens with zero attached hydrogens (tertiary/aromatic N) is 1. The highest BCUT2D eigenvalue weighted by molar-refractivity contribution is 9.10. The van der Waals surface area contributed by atoms with Crippen molar-refractivity contribution in [1.29, 1.82) is 5.26 Å². The van der Waals surface area contributed by atoms with E-state index in [9.17, 15) is 4.79 Å². The SMILES string of the molecule is CCC(C#N)C(=O)NCC(C)(C)c1ccccc1Br. The Hall–Kier alpha value is -1.34. The second-order valence-electron chi connectivity index (χ2n) is 5.17. The van der Waals surface area contributed by atoms with Gasteiger partial charge in [0.15, 0.2) is 0 Å². The lowest BCUT2D eigenvalue weighted by Crippen LogP contribution is -2.39. The van der Waals surface area contributed by atoms with Crippen molar-refractivity contribution in [1.82, 2.24) is 5.32 Å². The van der Waals surface area contributed by atoms with Crippen molar-refractivity contribution in [3.8, 4) is 6.07 Å². The van der Waals surface area contributed by atoms with Crippen molar-refractivity contribution in [3.63, 3.8) is 0 Å². The summed E-state index contributed by atoms with van der Waals surface area (Å²) in [7, 11) is 0. The van der Waals surface area contributed by atoms with Crippen LogP contribution in [0.3, 0.4) is 0 Å². The number of hydrogen-bond donors (Lipinski definition) is 1. The minimum absolute atomic E-state index is 0.190. The van der Waals surface area contributed by atoms with Gasteiger partial charge >= 0.3 is 0 Å². The molecule has 1 N–H and O–H groups in total. The van der Waals surface area contributed by atoms with Crippen LogP contribution in [0.5, 0.6) is 0 Å². The third kappa shape index (κ3) is 4.07. The number of benzene rings is 1. The number of halogens is 1. The summed E-state index contributed by atoms with van der Waals surface area (Å²) in [6.07, 6.45) is 0.539. The lowest BCUT2D eigenvalue weighted by Gasteiger charge is -2.27. The third-order valence-corrected chi connectivity index (χ3v) is 3.88. The Labute approximate surface area is 123 Å². The highest BCUT2D eigenvalue weighted by Gasteiger charge is 2.25. The fourth-order valence-electron chi connectivity index (χ4n) is 1.87. The summed E-state index contributed by atoms with van der Waals surface area (Å²) in [5.41, 5.74) is 0.948. The van der Waals surface area contributed by atoms with Gasteiger partial charge in [-0.2, -0.15) is 5.26 Å². The Morgan fingerprint density at radius 3 is 2.63 bits per heavy atom. The van der Waals surface area contributed by atoms with Crippen LogP contribution in [0.25, 0.3) is 0 Å². The van der Waals surface area contributed by atoms with Crippen molar-refractivity contribution in [2.75, 3.05) is 6.54 Å². The topological polar surface area (TPSA) is 52.9 Å². The highest BCUT2D eigenvalue weighted by Crippen LogP contribution is 2.29. The molecule has 0 aliphatic carbocycles. The Balaban J connectivity index is 2.74. The fourth-order valence-corrected chi connectivity index (χ4v) is 2.69. The van der Waals surface area contributed by atoms with Crippen LogP contribution < -0.4 is 5.32 Å². The zero-order valence-electron chi connectivity index (χ0n) is 11.5. The molecule has 0 aliphatic heterocycles. The summed E-state index contributed by atoms with van der Waals surface area (Å²) in [5.74, 6) is -0.750. The van der Waals surface area contributed by atoms with Crippen LogP contribution in [-0.4, -0.2) is 12.5 Å². The molecule has 1 rings (SSSR count). The van der Waals surface area contributed by atoms with Crippen LogP contribution in [0.2, 0.25) is 0 Å². The van der Waals surface area contributed by atoms with Gasteiger partial charge in [-0.15, -0.1) is 0 Å². The molecule has 0 fully saturated rings. The summed E-state index contributed by atoms with van der Waals surface area (Å²) in [5, 5.41) is 11.7. The average Bonchev–Trinajstić information content (AvgIpc) is 2.38. The van der Waals surface area contributed by atoms with E-state index in [-0.39, 0.29) is 11.3 Å². The molecule has 0 bridgehead atoms. The molecular formula is C15H19BrN2O. The normalized spacial score (nSPS) is 12.6. The number of amides is 1. The standard InChI is InChI=1S/C15H19BrN2O/c1-4-11(9-17)14(19)18-10-15(2,3)12-7-5-6-8-13(12)16/h5-8,11H,4,10H2,1-3H3,(H,18,19). The summed E-state index contributed by atoms with van der Waals surface area (Å²) >= 11 is 3.53. The molecule has 0 spiro atoms. The molecule has 0 saturated heterocycles. The molecule has 19 heavy (non-hydrogen) atoms. The van der Waals surface area contributed by atoms with E-state index in [4.69, 9.17) is 5.26 Å². The monoisotopic (exact) mass is 322 g/mol. The summed E-state index contributed by atoms with van der Waals surface area (Å²) in [4.78, 5) is 11.8. The second kappa shape index (κ2) is 6.72. The van der Waals surface area contributed by atoms with Gasteiger partial charge in [-0.3, -0.25) is 4.79 Å². The first-order valence-corrected chi connectivity index (χ1v) is 7.14. The molecule has 0 aliphatic rings. The first-order chi connectivity index (χ1) is 8.92. The van der Waals surface area contributed by atoms with E-state index in [2.05, 4.69) is 35.1 Å².